The van der Waals surface area contributed by atoms with Crippen molar-refractivity contribution in [3.8, 4) is 6.07 Å². The normalized spacial score (nSPS) is 18.2. The zero-order valence-corrected chi connectivity index (χ0v) is 12.2. The van der Waals surface area contributed by atoms with Crippen molar-refractivity contribution in [2.75, 3.05) is 11.4 Å². The Labute approximate surface area is 125 Å². The Morgan fingerprint density at radius 1 is 1.40 bits per heavy atom. The maximum atomic E-state index is 12.4. The Bertz CT molecular complexity index is 646. The predicted octanol–water partition coefficient (Wildman–Crippen LogP) is 2.91. The maximum Gasteiger partial charge on any atom is 0.240 e. The molecule has 20 heavy (non-hydrogen) atoms. The summed E-state index contributed by atoms with van der Waals surface area (Å²) in [5, 5.41) is 10.7. The molecule has 0 aliphatic carbocycles. The summed E-state index contributed by atoms with van der Waals surface area (Å²) in [7, 11) is 0. The first-order valence-corrected chi connectivity index (χ1v) is 7.91. The summed E-state index contributed by atoms with van der Waals surface area (Å²) >= 11 is 3.09. The van der Waals surface area contributed by atoms with Gasteiger partial charge in [-0.1, -0.05) is 11.8 Å². The fraction of sp³-hybridized carbons (Fsp3) is 0.214. The molecule has 6 heteroatoms. The molecule has 0 saturated carbocycles. The average Bonchev–Trinajstić information content (AvgIpc) is 3.11. The van der Waals surface area contributed by atoms with E-state index in [1.807, 2.05) is 17.5 Å². The topological polar surface area (TPSA) is 57.0 Å². The van der Waals surface area contributed by atoms with E-state index in [0.717, 1.165) is 16.4 Å². The fourth-order valence-electron chi connectivity index (χ4n) is 2.13. The van der Waals surface area contributed by atoms with Crippen molar-refractivity contribution in [2.45, 2.75) is 16.0 Å². The number of thiazole rings is 1. The second kappa shape index (κ2) is 5.65. The van der Waals surface area contributed by atoms with Crippen LogP contribution in [0.2, 0.25) is 0 Å². The van der Waals surface area contributed by atoms with Crippen LogP contribution in [0.5, 0.6) is 0 Å². The van der Waals surface area contributed by atoms with Crippen LogP contribution in [0.15, 0.2) is 40.2 Å². The maximum absolute atomic E-state index is 12.4. The third-order valence-electron chi connectivity index (χ3n) is 3.12. The van der Waals surface area contributed by atoms with Crippen LogP contribution >= 0.6 is 23.1 Å². The molecule has 0 bridgehead atoms. The minimum atomic E-state index is -0.0585. The van der Waals surface area contributed by atoms with Crippen molar-refractivity contribution < 1.29 is 4.79 Å². The largest absolute Gasteiger partial charge is 0.311 e. The SMILES string of the molecule is N#Cc1ccc(N2CC[C@H](Sc3nccs3)C2=O)cc1. The van der Waals surface area contributed by atoms with E-state index < -0.39 is 0 Å². The number of benzene rings is 1. The van der Waals surface area contributed by atoms with E-state index in [1.54, 1.807) is 34.6 Å². The van der Waals surface area contributed by atoms with E-state index in [-0.39, 0.29) is 11.2 Å². The van der Waals surface area contributed by atoms with E-state index in [4.69, 9.17) is 5.26 Å². The van der Waals surface area contributed by atoms with Gasteiger partial charge >= 0.3 is 0 Å². The lowest BCUT2D eigenvalue weighted by molar-refractivity contribution is -0.116. The van der Waals surface area contributed by atoms with Crippen LogP contribution < -0.4 is 4.90 Å². The molecule has 0 unspecified atom stereocenters. The number of aromatic nitrogens is 1. The molecular weight excluding hydrogens is 290 g/mol. The van der Waals surface area contributed by atoms with Gasteiger partial charge in [0.05, 0.1) is 16.9 Å². The number of carbonyl (C=O) groups is 1. The quantitative estimate of drug-likeness (QED) is 0.874. The van der Waals surface area contributed by atoms with E-state index in [1.165, 1.54) is 11.8 Å². The Balaban J connectivity index is 1.73. The summed E-state index contributed by atoms with van der Waals surface area (Å²) in [4.78, 5) is 18.4. The van der Waals surface area contributed by atoms with E-state index in [9.17, 15) is 4.79 Å². The van der Waals surface area contributed by atoms with Crippen LogP contribution in [0, 0.1) is 11.3 Å². The highest BCUT2D eigenvalue weighted by Gasteiger charge is 2.33. The Kier molecular flexibility index (Phi) is 3.72. The summed E-state index contributed by atoms with van der Waals surface area (Å²) in [5.41, 5.74) is 1.46. The standard InChI is InChI=1S/C14H11N3OS2/c15-9-10-1-3-11(4-2-10)17-7-5-12(13(17)18)20-14-16-6-8-19-14/h1-4,6,8,12H,5,7H2/t12-/m0/s1. The highest BCUT2D eigenvalue weighted by Crippen LogP contribution is 2.33. The van der Waals surface area contributed by atoms with Gasteiger partial charge in [0.1, 0.15) is 0 Å². The van der Waals surface area contributed by atoms with E-state index >= 15 is 0 Å². The highest BCUT2D eigenvalue weighted by atomic mass is 32.2. The van der Waals surface area contributed by atoms with Gasteiger partial charge < -0.3 is 4.90 Å². The molecule has 1 amide bonds. The van der Waals surface area contributed by atoms with Crippen molar-refractivity contribution in [2.24, 2.45) is 0 Å². The first-order valence-electron chi connectivity index (χ1n) is 6.15. The molecule has 1 aromatic heterocycles. The van der Waals surface area contributed by atoms with Crippen LogP contribution in [0.25, 0.3) is 0 Å². The van der Waals surface area contributed by atoms with Crippen molar-refractivity contribution in [3.63, 3.8) is 0 Å². The number of hydrogen-bond donors (Lipinski definition) is 0. The van der Waals surface area contributed by atoms with Crippen molar-refractivity contribution in [1.82, 2.24) is 4.98 Å². The van der Waals surface area contributed by atoms with E-state index in [0.29, 0.717) is 12.1 Å². The highest BCUT2D eigenvalue weighted by molar-refractivity contribution is 8.02. The number of amides is 1. The summed E-state index contributed by atoms with van der Waals surface area (Å²) in [6.45, 7) is 0.716. The lowest BCUT2D eigenvalue weighted by Gasteiger charge is -2.16. The van der Waals surface area contributed by atoms with Gasteiger partial charge in [0, 0.05) is 23.8 Å². The Hall–Kier alpha value is -1.84. The number of rotatable bonds is 3. The van der Waals surface area contributed by atoms with Gasteiger partial charge in [-0.05, 0) is 30.7 Å². The summed E-state index contributed by atoms with van der Waals surface area (Å²) in [6, 6.07) is 9.21. The van der Waals surface area contributed by atoms with Crippen LogP contribution in [0.3, 0.4) is 0 Å². The van der Waals surface area contributed by atoms with Crippen molar-refractivity contribution in [3.05, 3.63) is 41.4 Å². The second-order valence-electron chi connectivity index (χ2n) is 4.34. The summed E-state index contributed by atoms with van der Waals surface area (Å²) in [6.07, 6.45) is 2.58. The minimum Gasteiger partial charge on any atom is -0.311 e. The van der Waals surface area contributed by atoms with Gasteiger partial charge in [0.15, 0.2) is 4.34 Å². The monoisotopic (exact) mass is 301 g/mol. The first-order chi connectivity index (χ1) is 9.78. The molecule has 1 fully saturated rings. The summed E-state index contributed by atoms with van der Waals surface area (Å²) < 4.78 is 0.935. The molecule has 1 aromatic carbocycles. The Morgan fingerprint density at radius 2 is 2.20 bits per heavy atom. The number of nitriles is 1. The van der Waals surface area contributed by atoms with Crippen LogP contribution in [-0.4, -0.2) is 22.7 Å². The molecule has 1 atom stereocenters. The molecule has 3 rings (SSSR count). The molecule has 1 saturated heterocycles. The smallest absolute Gasteiger partial charge is 0.240 e. The third kappa shape index (κ3) is 2.55. The van der Waals surface area contributed by atoms with Gasteiger partial charge in [-0.15, -0.1) is 11.3 Å². The van der Waals surface area contributed by atoms with Gasteiger partial charge in [0.2, 0.25) is 5.91 Å². The third-order valence-corrected chi connectivity index (χ3v) is 5.29. The fourth-order valence-corrected chi connectivity index (χ4v) is 4.04. The molecular formula is C14H11N3OS2. The molecule has 1 aliphatic heterocycles. The second-order valence-corrected chi connectivity index (χ2v) is 6.69. The van der Waals surface area contributed by atoms with Crippen molar-refractivity contribution >= 4 is 34.7 Å². The molecule has 0 N–H and O–H groups in total. The zero-order valence-electron chi connectivity index (χ0n) is 10.5. The van der Waals surface area contributed by atoms with Gasteiger partial charge in [-0.3, -0.25) is 4.79 Å². The summed E-state index contributed by atoms with van der Waals surface area (Å²) in [5.74, 6) is 0.120. The molecule has 2 aromatic rings. The van der Waals surface area contributed by atoms with Gasteiger partial charge in [0.25, 0.3) is 0 Å². The molecule has 0 radical (unpaired) electrons. The average molecular weight is 301 g/mol. The lowest BCUT2D eigenvalue weighted by atomic mass is 10.2. The molecule has 4 nitrogen and oxygen atoms in total. The number of carbonyl (C=O) groups excluding carboxylic acids is 1. The van der Waals surface area contributed by atoms with Gasteiger partial charge in [-0.2, -0.15) is 5.26 Å². The van der Waals surface area contributed by atoms with E-state index in [2.05, 4.69) is 11.1 Å². The molecule has 0 spiro atoms. The lowest BCUT2D eigenvalue weighted by Crippen LogP contribution is -2.27. The van der Waals surface area contributed by atoms with Crippen LogP contribution in [0.1, 0.15) is 12.0 Å². The van der Waals surface area contributed by atoms with Gasteiger partial charge in [-0.25, -0.2) is 4.98 Å². The van der Waals surface area contributed by atoms with Crippen molar-refractivity contribution in [1.29, 1.82) is 5.26 Å². The number of nitrogens with zero attached hydrogens (tertiary/aromatic N) is 3. The zero-order chi connectivity index (χ0) is 13.9. The van der Waals surface area contributed by atoms with Crippen LogP contribution in [0.4, 0.5) is 5.69 Å². The predicted molar refractivity (Wildman–Crippen MR) is 79.9 cm³/mol. The Morgan fingerprint density at radius 3 is 2.85 bits per heavy atom. The molecule has 100 valence electrons. The number of hydrogen-bond acceptors (Lipinski definition) is 5. The number of thioether (sulfide) groups is 1. The number of anilines is 1. The molecule has 1 aliphatic rings. The first kappa shape index (κ1) is 13.2. The van der Waals surface area contributed by atoms with Crippen LogP contribution in [-0.2, 0) is 4.79 Å². The minimum absolute atomic E-state index is 0.0585. The molecule has 2 heterocycles.